The van der Waals surface area contributed by atoms with E-state index in [2.05, 4.69) is 20.2 Å². The molecule has 4 rings (SSSR count). The molecule has 0 aliphatic carbocycles. The molecule has 2 aromatic carbocycles. The second kappa shape index (κ2) is 10.1. The summed E-state index contributed by atoms with van der Waals surface area (Å²) in [6, 6.07) is 17.9. The number of amides is 2. The average molecular weight is 464 g/mol. The number of ether oxygens (including phenoxy) is 1. The van der Waals surface area contributed by atoms with Gasteiger partial charge in [-0.15, -0.1) is 0 Å². The molecule has 168 valence electrons. The fourth-order valence-corrected chi connectivity index (χ4v) is 3.66. The van der Waals surface area contributed by atoms with E-state index in [0.717, 1.165) is 22.6 Å². The lowest BCUT2D eigenvalue weighted by atomic mass is 10.2. The van der Waals surface area contributed by atoms with Gasteiger partial charge < -0.3 is 19.9 Å². The van der Waals surface area contributed by atoms with Gasteiger partial charge >= 0.3 is 12.0 Å². The highest BCUT2D eigenvalue weighted by atomic mass is 35.5. The number of aromatic nitrogens is 3. The van der Waals surface area contributed by atoms with Gasteiger partial charge in [0.05, 0.1) is 24.9 Å². The van der Waals surface area contributed by atoms with Crippen molar-refractivity contribution in [3.05, 3.63) is 88.8 Å². The lowest BCUT2D eigenvalue weighted by Crippen LogP contribution is -2.31. The van der Waals surface area contributed by atoms with Crippen molar-refractivity contribution in [1.29, 1.82) is 0 Å². The highest BCUT2D eigenvalue weighted by molar-refractivity contribution is 6.31. The van der Waals surface area contributed by atoms with Crippen molar-refractivity contribution in [1.82, 2.24) is 19.9 Å². The molecule has 4 aromatic rings. The number of nitrogens with one attached hydrogen (secondary N) is 2. The Bertz CT molecular complexity index is 1290. The van der Waals surface area contributed by atoms with Crippen molar-refractivity contribution in [3.8, 4) is 0 Å². The number of pyridine rings is 1. The van der Waals surface area contributed by atoms with Crippen molar-refractivity contribution < 1.29 is 14.3 Å². The smallest absolute Gasteiger partial charge is 0.339 e. The predicted molar refractivity (Wildman–Crippen MR) is 127 cm³/mol. The van der Waals surface area contributed by atoms with Crippen LogP contribution in [0.1, 0.15) is 21.7 Å². The number of carbonyl (C=O) groups excluding carboxylic acids is 2. The second-order valence-corrected chi connectivity index (χ2v) is 7.69. The summed E-state index contributed by atoms with van der Waals surface area (Å²) in [4.78, 5) is 33.6. The van der Waals surface area contributed by atoms with Gasteiger partial charge in [0.15, 0.2) is 5.65 Å². The summed E-state index contributed by atoms with van der Waals surface area (Å²) in [7, 11) is 1.27. The van der Waals surface area contributed by atoms with Gasteiger partial charge in [-0.3, -0.25) is 0 Å². The molecule has 0 radical (unpaired) electrons. The van der Waals surface area contributed by atoms with Gasteiger partial charge in [0, 0.05) is 24.2 Å². The molecule has 0 spiro atoms. The van der Waals surface area contributed by atoms with Crippen molar-refractivity contribution in [2.45, 2.75) is 13.0 Å². The molecule has 0 unspecified atom stereocenters. The molecule has 0 saturated heterocycles. The lowest BCUT2D eigenvalue weighted by Gasteiger charge is -2.12. The molecule has 33 heavy (non-hydrogen) atoms. The summed E-state index contributed by atoms with van der Waals surface area (Å²) in [5, 5.41) is 5.85. The summed E-state index contributed by atoms with van der Waals surface area (Å²) >= 11 is 6.01. The Labute approximate surface area is 195 Å². The van der Waals surface area contributed by atoms with Crippen LogP contribution in [0.4, 0.5) is 10.5 Å². The van der Waals surface area contributed by atoms with Crippen LogP contribution in [0.15, 0.2) is 66.9 Å². The van der Waals surface area contributed by atoms with E-state index in [4.69, 9.17) is 21.3 Å². The largest absolute Gasteiger partial charge is 0.465 e. The zero-order valence-corrected chi connectivity index (χ0v) is 18.7. The average Bonchev–Trinajstić information content (AvgIpc) is 3.16. The van der Waals surface area contributed by atoms with E-state index in [1.54, 1.807) is 12.3 Å². The maximum absolute atomic E-state index is 12.5. The first kappa shape index (κ1) is 22.3. The van der Waals surface area contributed by atoms with Crippen LogP contribution in [0.3, 0.4) is 0 Å². The molecule has 9 heteroatoms. The standard InChI is InChI=1S/C24H22ClN5O3/c1-33-23(31)18-10-9-17(25)14-20(18)29-24(32)27-13-11-21-28-19-8-5-12-26-22(19)30(21)15-16-6-3-2-4-7-16/h2-10,12,14H,11,13,15H2,1H3,(H2,27,29,32). The number of hydrogen-bond acceptors (Lipinski definition) is 5. The molecule has 0 bridgehead atoms. The fraction of sp³-hybridized carbons (Fsp3) is 0.167. The van der Waals surface area contributed by atoms with Crippen molar-refractivity contribution in [3.63, 3.8) is 0 Å². The Hall–Kier alpha value is -3.91. The maximum atomic E-state index is 12.5. The van der Waals surface area contributed by atoms with Gasteiger partial charge in [0.1, 0.15) is 11.3 Å². The minimum absolute atomic E-state index is 0.216. The van der Waals surface area contributed by atoms with Crippen molar-refractivity contribution in [2.75, 3.05) is 19.0 Å². The third-order valence-corrected chi connectivity index (χ3v) is 5.27. The molecule has 0 atom stereocenters. The molecule has 0 aliphatic heterocycles. The number of imidazole rings is 1. The molecule has 0 fully saturated rings. The van der Waals surface area contributed by atoms with Crippen molar-refractivity contribution in [2.24, 2.45) is 0 Å². The van der Waals surface area contributed by atoms with Gasteiger partial charge in [-0.2, -0.15) is 0 Å². The summed E-state index contributed by atoms with van der Waals surface area (Å²) in [5.41, 5.74) is 3.21. The highest BCUT2D eigenvalue weighted by Gasteiger charge is 2.15. The Balaban J connectivity index is 1.45. The minimum Gasteiger partial charge on any atom is -0.465 e. The first-order valence-electron chi connectivity index (χ1n) is 10.3. The van der Waals surface area contributed by atoms with Crippen molar-refractivity contribution >= 4 is 40.5 Å². The number of esters is 1. The van der Waals surface area contributed by atoms with Crippen LogP contribution >= 0.6 is 11.6 Å². The van der Waals surface area contributed by atoms with Crippen LogP contribution in [0.2, 0.25) is 5.02 Å². The summed E-state index contributed by atoms with van der Waals surface area (Å²) in [5.74, 6) is 0.245. The molecule has 2 N–H and O–H groups in total. The van der Waals surface area contributed by atoms with E-state index in [9.17, 15) is 9.59 Å². The van der Waals surface area contributed by atoms with Gasteiger partial charge in [-0.1, -0.05) is 41.9 Å². The van der Waals surface area contributed by atoms with E-state index < -0.39 is 12.0 Å². The number of halogens is 1. The van der Waals surface area contributed by atoms with E-state index >= 15 is 0 Å². The number of urea groups is 1. The van der Waals surface area contributed by atoms with E-state index in [1.165, 1.54) is 19.2 Å². The first-order chi connectivity index (χ1) is 16.0. The molecular formula is C24H22ClN5O3. The summed E-state index contributed by atoms with van der Waals surface area (Å²) in [6.45, 7) is 0.957. The Kier molecular flexibility index (Phi) is 6.85. The molecule has 2 heterocycles. The van der Waals surface area contributed by atoms with E-state index in [-0.39, 0.29) is 11.3 Å². The van der Waals surface area contributed by atoms with E-state index in [1.807, 2.05) is 42.5 Å². The molecule has 2 amide bonds. The van der Waals surface area contributed by atoms with Crippen LogP contribution in [-0.2, 0) is 17.7 Å². The number of hydrogen-bond donors (Lipinski definition) is 2. The third-order valence-electron chi connectivity index (χ3n) is 5.04. The zero-order valence-electron chi connectivity index (χ0n) is 17.9. The quantitative estimate of drug-likeness (QED) is 0.398. The minimum atomic E-state index is -0.566. The van der Waals surface area contributed by atoms with E-state index in [0.29, 0.717) is 24.5 Å². The van der Waals surface area contributed by atoms with Gasteiger partial charge in [0.2, 0.25) is 0 Å². The summed E-state index contributed by atoms with van der Waals surface area (Å²) < 4.78 is 6.81. The molecule has 8 nitrogen and oxygen atoms in total. The first-order valence-corrected chi connectivity index (χ1v) is 10.7. The van der Waals surface area contributed by atoms with Crippen LogP contribution < -0.4 is 10.6 Å². The number of benzene rings is 2. The maximum Gasteiger partial charge on any atom is 0.339 e. The third kappa shape index (κ3) is 5.30. The van der Waals surface area contributed by atoms with Crippen LogP contribution in [0.25, 0.3) is 11.2 Å². The number of rotatable bonds is 7. The molecule has 2 aromatic heterocycles. The van der Waals surface area contributed by atoms with Crippen LogP contribution in [-0.4, -0.2) is 40.2 Å². The number of fused-ring (bicyclic) bond motifs is 1. The SMILES string of the molecule is COC(=O)c1ccc(Cl)cc1NC(=O)NCCc1nc2cccnc2n1Cc1ccccc1. The summed E-state index contributed by atoms with van der Waals surface area (Å²) in [6.07, 6.45) is 2.24. The molecule has 0 saturated carbocycles. The number of carbonyl (C=O) groups is 2. The van der Waals surface area contributed by atoms with Crippen LogP contribution in [0, 0.1) is 0 Å². The number of nitrogens with zero attached hydrogens (tertiary/aromatic N) is 3. The number of methoxy groups -OCH3 is 1. The fourth-order valence-electron chi connectivity index (χ4n) is 3.49. The molecule has 0 aliphatic rings. The van der Waals surface area contributed by atoms with Gasteiger partial charge in [-0.05, 0) is 35.9 Å². The molecular weight excluding hydrogens is 442 g/mol. The highest BCUT2D eigenvalue weighted by Crippen LogP contribution is 2.22. The lowest BCUT2D eigenvalue weighted by molar-refractivity contribution is 0.0602. The number of anilines is 1. The Morgan fingerprint density at radius 2 is 1.91 bits per heavy atom. The van der Waals surface area contributed by atoms with Gasteiger partial charge in [-0.25, -0.2) is 19.6 Å². The van der Waals surface area contributed by atoms with Gasteiger partial charge in [0.25, 0.3) is 0 Å². The predicted octanol–water partition coefficient (Wildman–Crippen LogP) is 4.28. The second-order valence-electron chi connectivity index (χ2n) is 7.26. The normalized spacial score (nSPS) is 10.7. The topological polar surface area (TPSA) is 98.1 Å². The van der Waals surface area contributed by atoms with Crippen LogP contribution in [0.5, 0.6) is 0 Å². The monoisotopic (exact) mass is 463 g/mol. The zero-order chi connectivity index (χ0) is 23.2. The Morgan fingerprint density at radius 1 is 1.09 bits per heavy atom. The Morgan fingerprint density at radius 3 is 2.70 bits per heavy atom.